The summed E-state index contributed by atoms with van der Waals surface area (Å²) in [7, 11) is 0. The van der Waals surface area contributed by atoms with E-state index >= 15 is 0 Å². The lowest BCUT2D eigenvalue weighted by Crippen LogP contribution is -2.00. The van der Waals surface area contributed by atoms with E-state index < -0.39 is 0 Å². The van der Waals surface area contributed by atoms with Crippen LogP contribution < -0.4 is 9.47 Å². The van der Waals surface area contributed by atoms with Crippen molar-refractivity contribution in [1.82, 2.24) is 0 Å². The van der Waals surface area contributed by atoms with E-state index in [1.165, 1.54) is 6.21 Å². The fourth-order valence-electron chi connectivity index (χ4n) is 1.80. The first kappa shape index (κ1) is 15.2. The van der Waals surface area contributed by atoms with E-state index in [0.29, 0.717) is 29.7 Å². The van der Waals surface area contributed by atoms with Gasteiger partial charge in [0.2, 0.25) is 0 Å². The molecule has 0 unspecified atom stereocenters. The van der Waals surface area contributed by atoms with Crippen LogP contribution in [-0.4, -0.2) is 18.0 Å². The summed E-state index contributed by atoms with van der Waals surface area (Å²) in [6.07, 6.45) is 1.34. The molecule has 0 aromatic heterocycles. The van der Waals surface area contributed by atoms with Crippen LogP contribution in [0.5, 0.6) is 11.5 Å². The van der Waals surface area contributed by atoms with E-state index in [0.717, 1.165) is 11.1 Å². The van der Waals surface area contributed by atoms with Crippen LogP contribution in [-0.2, 0) is 6.61 Å². The van der Waals surface area contributed by atoms with Crippen molar-refractivity contribution in [1.29, 1.82) is 0 Å². The molecule has 4 nitrogen and oxygen atoms in total. The Labute approximate surface area is 128 Å². The minimum Gasteiger partial charge on any atom is -0.490 e. The number of rotatable bonds is 6. The highest BCUT2D eigenvalue weighted by Gasteiger charge is 2.06. The molecule has 2 aromatic carbocycles. The average Bonchev–Trinajstić information content (AvgIpc) is 2.49. The van der Waals surface area contributed by atoms with Crippen molar-refractivity contribution in [3.05, 3.63) is 58.6 Å². The van der Waals surface area contributed by atoms with Crippen LogP contribution in [0.15, 0.2) is 47.6 Å². The molecule has 0 fully saturated rings. The molecule has 0 aliphatic rings. The Kier molecular flexibility index (Phi) is 5.46. The molecule has 0 radical (unpaired) electrons. The van der Waals surface area contributed by atoms with Gasteiger partial charge >= 0.3 is 0 Å². The first-order valence-electron chi connectivity index (χ1n) is 6.54. The molecule has 2 rings (SSSR count). The zero-order valence-corrected chi connectivity index (χ0v) is 12.4. The largest absolute Gasteiger partial charge is 0.490 e. The van der Waals surface area contributed by atoms with Crippen LogP contribution >= 0.6 is 11.6 Å². The standard InChI is InChI=1S/C16H16ClNO3/c1-2-20-16-9-13(10-18-19)5-8-15(16)21-11-12-3-6-14(17)7-4-12/h3-10,19H,2,11H2,1H3. The maximum absolute atomic E-state index is 8.57. The van der Waals surface area contributed by atoms with Gasteiger partial charge in [0.15, 0.2) is 11.5 Å². The van der Waals surface area contributed by atoms with Gasteiger partial charge in [0.05, 0.1) is 12.8 Å². The maximum atomic E-state index is 8.57. The molecule has 0 aliphatic carbocycles. The highest BCUT2D eigenvalue weighted by molar-refractivity contribution is 6.30. The van der Waals surface area contributed by atoms with Gasteiger partial charge in [0.25, 0.3) is 0 Å². The van der Waals surface area contributed by atoms with Crippen LogP contribution in [0.1, 0.15) is 18.1 Å². The van der Waals surface area contributed by atoms with E-state index in [4.69, 9.17) is 26.3 Å². The first-order chi connectivity index (χ1) is 10.2. The summed E-state index contributed by atoms with van der Waals surface area (Å²) < 4.78 is 11.3. The minimum absolute atomic E-state index is 0.421. The Morgan fingerprint density at radius 3 is 2.52 bits per heavy atom. The molecule has 0 spiro atoms. The summed E-state index contributed by atoms with van der Waals surface area (Å²) in [5.41, 5.74) is 1.75. The molecule has 2 aromatic rings. The second kappa shape index (κ2) is 7.55. The SMILES string of the molecule is CCOc1cc(C=NO)ccc1OCc1ccc(Cl)cc1. The summed E-state index contributed by atoms with van der Waals surface area (Å²) in [5, 5.41) is 12.3. The van der Waals surface area contributed by atoms with Crippen molar-refractivity contribution >= 4 is 17.8 Å². The van der Waals surface area contributed by atoms with Gasteiger partial charge in [-0.3, -0.25) is 0 Å². The summed E-state index contributed by atoms with van der Waals surface area (Å²) in [6, 6.07) is 12.8. The predicted molar refractivity (Wildman–Crippen MR) is 82.8 cm³/mol. The van der Waals surface area contributed by atoms with Gasteiger partial charge in [0, 0.05) is 10.6 Å². The number of hydrogen-bond donors (Lipinski definition) is 1. The topological polar surface area (TPSA) is 51.0 Å². The van der Waals surface area contributed by atoms with Crippen LogP contribution in [0.3, 0.4) is 0 Å². The van der Waals surface area contributed by atoms with Crippen LogP contribution in [0.25, 0.3) is 0 Å². The molecule has 21 heavy (non-hydrogen) atoms. The molecule has 0 atom stereocenters. The number of halogens is 1. The summed E-state index contributed by atoms with van der Waals surface area (Å²) in [6.45, 7) is 2.84. The molecule has 0 amide bonds. The second-order valence-electron chi connectivity index (χ2n) is 4.30. The summed E-state index contributed by atoms with van der Waals surface area (Å²) in [5.74, 6) is 1.26. The van der Waals surface area contributed by atoms with E-state index in [1.807, 2.05) is 31.2 Å². The lowest BCUT2D eigenvalue weighted by Gasteiger charge is -2.12. The van der Waals surface area contributed by atoms with E-state index in [1.54, 1.807) is 18.2 Å². The van der Waals surface area contributed by atoms with E-state index in [2.05, 4.69) is 5.16 Å². The first-order valence-corrected chi connectivity index (χ1v) is 6.92. The molecule has 5 heteroatoms. The Morgan fingerprint density at radius 1 is 1.10 bits per heavy atom. The number of oxime groups is 1. The quantitative estimate of drug-likeness (QED) is 0.496. The molecule has 0 bridgehead atoms. The monoisotopic (exact) mass is 305 g/mol. The van der Waals surface area contributed by atoms with Gasteiger partial charge < -0.3 is 14.7 Å². The van der Waals surface area contributed by atoms with E-state index in [-0.39, 0.29) is 0 Å². The summed E-state index contributed by atoms with van der Waals surface area (Å²) >= 11 is 5.85. The van der Waals surface area contributed by atoms with E-state index in [9.17, 15) is 0 Å². The fraction of sp³-hybridized carbons (Fsp3) is 0.188. The highest BCUT2D eigenvalue weighted by atomic mass is 35.5. The third kappa shape index (κ3) is 4.39. The van der Waals surface area contributed by atoms with Crippen molar-refractivity contribution in [2.75, 3.05) is 6.61 Å². The second-order valence-corrected chi connectivity index (χ2v) is 4.74. The number of hydrogen-bond acceptors (Lipinski definition) is 4. The lowest BCUT2D eigenvalue weighted by molar-refractivity contribution is 0.269. The molecule has 0 aliphatic heterocycles. The van der Waals surface area contributed by atoms with Gasteiger partial charge in [-0.25, -0.2) is 0 Å². The minimum atomic E-state index is 0.421. The van der Waals surface area contributed by atoms with Gasteiger partial charge in [-0.2, -0.15) is 0 Å². The van der Waals surface area contributed by atoms with Crippen molar-refractivity contribution in [2.45, 2.75) is 13.5 Å². The Morgan fingerprint density at radius 2 is 1.86 bits per heavy atom. The number of ether oxygens (including phenoxy) is 2. The molecule has 0 heterocycles. The average molecular weight is 306 g/mol. The number of nitrogens with zero attached hydrogens (tertiary/aromatic N) is 1. The molecule has 1 N–H and O–H groups in total. The highest BCUT2D eigenvalue weighted by Crippen LogP contribution is 2.29. The maximum Gasteiger partial charge on any atom is 0.161 e. The molecule has 0 saturated carbocycles. The Bertz CT molecular complexity index is 611. The smallest absolute Gasteiger partial charge is 0.161 e. The summed E-state index contributed by atoms with van der Waals surface area (Å²) in [4.78, 5) is 0. The number of benzene rings is 2. The van der Waals surface area contributed by atoms with Gasteiger partial charge in [-0.15, -0.1) is 0 Å². The normalized spacial score (nSPS) is 10.8. The van der Waals surface area contributed by atoms with Gasteiger partial charge in [-0.1, -0.05) is 28.9 Å². The van der Waals surface area contributed by atoms with Crippen molar-refractivity contribution < 1.29 is 14.7 Å². The predicted octanol–water partition coefficient (Wildman–Crippen LogP) is 4.13. The van der Waals surface area contributed by atoms with Crippen molar-refractivity contribution in [2.24, 2.45) is 5.16 Å². The van der Waals surface area contributed by atoms with Crippen molar-refractivity contribution in [3.8, 4) is 11.5 Å². The molecule has 0 saturated heterocycles. The molecule has 110 valence electrons. The van der Waals surface area contributed by atoms with Gasteiger partial charge in [0.1, 0.15) is 6.61 Å². The Balaban J connectivity index is 2.12. The zero-order valence-electron chi connectivity index (χ0n) is 11.6. The fourth-order valence-corrected chi connectivity index (χ4v) is 1.93. The third-order valence-electron chi connectivity index (χ3n) is 2.78. The Hall–Kier alpha value is -2.20. The van der Waals surface area contributed by atoms with Crippen LogP contribution in [0.2, 0.25) is 5.02 Å². The van der Waals surface area contributed by atoms with Crippen LogP contribution in [0, 0.1) is 0 Å². The van der Waals surface area contributed by atoms with Gasteiger partial charge in [-0.05, 0) is 42.8 Å². The molecular formula is C16H16ClNO3. The van der Waals surface area contributed by atoms with Crippen LogP contribution in [0.4, 0.5) is 0 Å². The lowest BCUT2D eigenvalue weighted by atomic mass is 10.2. The van der Waals surface area contributed by atoms with Crippen molar-refractivity contribution in [3.63, 3.8) is 0 Å². The third-order valence-corrected chi connectivity index (χ3v) is 3.03. The zero-order chi connectivity index (χ0) is 15.1. The molecular weight excluding hydrogens is 290 g/mol.